The van der Waals surface area contributed by atoms with Gasteiger partial charge in [0.05, 0.1) is 17.9 Å². The predicted octanol–water partition coefficient (Wildman–Crippen LogP) is 2.85. The van der Waals surface area contributed by atoms with Gasteiger partial charge in [0, 0.05) is 63.9 Å². The van der Waals surface area contributed by atoms with E-state index in [9.17, 15) is 4.79 Å². The van der Waals surface area contributed by atoms with Crippen molar-refractivity contribution in [3.8, 4) is 0 Å². The van der Waals surface area contributed by atoms with E-state index in [1.165, 1.54) is 5.56 Å². The van der Waals surface area contributed by atoms with Gasteiger partial charge in [-0.1, -0.05) is 41.9 Å². The lowest BCUT2D eigenvalue weighted by molar-refractivity contribution is -0.117. The number of anilines is 2. The monoisotopic (exact) mass is 441 g/mol. The summed E-state index contributed by atoms with van der Waals surface area (Å²) in [6.07, 6.45) is 0. The zero-order valence-electron chi connectivity index (χ0n) is 18.3. The Bertz CT molecular complexity index is 862. The molecule has 0 bridgehead atoms. The third-order valence-electron chi connectivity index (χ3n) is 6.16. The molecule has 6 nitrogen and oxygen atoms in total. The molecular formula is C24H32ClN5O. The average molecular weight is 442 g/mol. The Morgan fingerprint density at radius 1 is 0.903 bits per heavy atom. The van der Waals surface area contributed by atoms with Gasteiger partial charge in [-0.05, 0) is 30.8 Å². The van der Waals surface area contributed by atoms with Gasteiger partial charge in [0.2, 0.25) is 5.91 Å². The van der Waals surface area contributed by atoms with Crippen LogP contribution < -0.4 is 10.2 Å². The predicted molar refractivity (Wildman–Crippen MR) is 128 cm³/mol. The smallest absolute Gasteiger partial charge is 0.238 e. The summed E-state index contributed by atoms with van der Waals surface area (Å²) in [7, 11) is 2.14. The van der Waals surface area contributed by atoms with Gasteiger partial charge in [0.1, 0.15) is 0 Å². The molecule has 1 N–H and O–H groups in total. The summed E-state index contributed by atoms with van der Waals surface area (Å²) in [6, 6.07) is 16.3. The molecule has 2 aliphatic heterocycles. The Balaban J connectivity index is 1.30. The maximum absolute atomic E-state index is 12.8. The number of nitrogens with one attached hydrogen (secondary N) is 1. The minimum atomic E-state index is 0.0224. The van der Waals surface area contributed by atoms with Crippen LogP contribution in [0.15, 0.2) is 48.5 Å². The molecule has 2 aromatic carbocycles. The number of benzene rings is 2. The van der Waals surface area contributed by atoms with E-state index in [0.717, 1.165) is 70.3 Å². The molecule has 0 aromatic heterocycles. The first-order valence-corrected chi connectivity index (χ1v) is 11.5. The van der Waals surface area contributed by atoms with Crippen LogP contribution in [0, 0.1) is 0 Å². The van der Waals surface area contributed by atoms with Crippen LogP contribution in [0.1, 0.15) is 5.56 Å². The zero-order valence-corrected chi connectivity index (χ0v) is 19.0. The second-order valence-corrected chi connectivity index (χ2v) is 8.97. The lowest BCUT2D eigenvalue weighted by Crippen LogP contribution is -2.48. The maximum atomic E-state index is 12.8. The molecule has 0 aliphatic carbocycles. The van der Waals surface area contributed by atoms with Crippen molar-refractivity contribution in [1.29, 1.82) is 0 Å². The number of hydrogen-bond donors (Lipinski definition) is 1. The molecule has 2 fully saturated rings. The van der Waals surface area contributed by atoms with Gasteiger partial charge in [-0.25, -0.2) is 0 Å². The number of piperazine rings is 2. The standard InChI is InChI=1S/C24H32ClN5O/c1-27-9-15-30(16-10-27)23-8-7-21(25)17-22(23)26-24(31)19-29-13-11-28(12-14-29)18-20-5-3-2-4-6-20/h2-8,17H,9-16,18-19H2,1H3,(H,26,31). The summed E-state index contributed by atoms with van der Waals surface area (Å²) in [6.45, 7) is 9.08. The van der Waals surface area contributed by atoms with Crippen LogP contribution in [-0.4, -0.2) is 86.6 Å². The molecule has 0 unspecified atom stereocenters. The van der Waals surface area contributed by atoms with E-state index in [1.54, 1.807) is 0 Å². The Kier molecular flexibility index (Phi) is 7.45. The topological polar surface area (TPSA) is 42.1 Å². The van der Waals surface area contributed by atoms with Crippen molar-refractivity contribution in [3.05, 3.63) is 59.1 Å². The number of nitrogens with zero attached hydrogens (tertiary/aromatic N) is 4. The van der Waals surface area contributed by atoms with E-state index in [0.29, 0.717) is 11.6 Å². The molecule has 2 saturated heterocycles. The number of carbonyl (C=O) groups excluding carboxylic acids is 1. The molecule has 1 amide bonds. The first-order chi connectivity index (χ1) is 15.1. The molecule has 2 aliphatic rings. The van der Waals surface area contributed by atoms with Crippen molar-refractivity contribution in [3.63, 3.8) is 0 Å². The normalized spacial score (nSPS) is 18.8. The maximum Gasteiger partial charge on any atom is 0.238 e. The first-order valence-electron chi connectivity index (χ1n) is 11.1. The molecular weight excluding hydrogens is 410 g/mol. The molecule has 7 heteroatoms. The van der Waals surface area contributed by atoms with E-state index >= 15 is 0 Å². The highest BCUT2D eigenvalue weighted by Gasteiger charge is 2.21. The highest BCUT2D eigenvalue weighted by Crippen LogP contribution is 2.30. The van der Waals surface area contributed by atoms with Crippen LogP contribution in [0.25, 0.3) is 0 Å². The minimum Gasteiger partial charge on any atom is -0.367 e. The fourth-order valence-corrected chi connectivity index (χ4v) is 4.44. The first kappa shape index (κ1) is 22.1. The Morgan fingerprint density at radius 2 is 1.58 bits per heavy atom. The third kappa shape index (κ3) is 6.20. The fraction of sp³-hybridized carbons (Fsp3) is 0.458. The number of likely N-dealkylation sites (N-methyl/N-ethyl adjacent to an activating group) is 1. The molecule has 2 heterocycles. The molecule has 0 atom stereocenters. The van der Waals surface area contributed by atoms with Crippen LogP contribution in [0.2, 0.25) is 5.02 Å². The van der Waals surface area contributed by atoms with E-state index in [1.807, 2.05) is 18.2 Å². The van der Waals surface area contributed by atoms with Crippen molar-refractivity contribution in [2.45, 2.75) is 6.54 Å². The van der Waals surface area contributed by atoms with Crippen molar-refractivity contribution in [1.82, 2.24) is 14.7 Å². The van der Waals surface area contributed by atoms with Gasteiger partial charge in [-0.3, -0.25) is 14.6 Å². The van der Waals surface area contributed by atoms with E-state index in [2.05, 4.69) is 62.3 Å². The van der Waals surface area contributed by atoms with Crippen molar-refractivity contribution in [2.24, 2.45) is 0 Å². The van der Waals surface area contributed by atoms with E-state index in [4.69, 9.17) is 11.6 Å². The van der Waals surface area contributed by atoms with Crippen molar-refractivity contribution >= 4 is 28.9 Å². The number of rotatable bonds is 6. The van der Waals surface area contributed by atoms with Gasteiger partial charge in [0.15, 0.2) is 0 Å². The van der Waals surface area contributed by atoms with Crippen LogP contribution >= 0.6 is 11.6 Å². The SMILES string of the molecule is CN1CCN(c2ccc(Cl)cc2NC(=O)CN2CCN(Cc3ccccc3)CC2)CC1. The lowest BCUT2D eigenvalue weighted by atomic mass is 10.2. The number of amides is 1. The summed E-state index contributed by atoms with van der Waals surface area (Å²) >= 11 is 6.24. The fourth-order valence-electron chi connectivity index (χ4n) is 4.27. The Labute approximate surface area is 190 Å². The number of halogens is 1. The van der Waals surface area contributed by atoms with Crippen LogP contribution in [0.3, 0.4) is 0 Å². The second-order valence-electron chi connectivity index (χ2n) is 8.54. The summed E-state index contributed by atoms with van der Waals surface area (Å²) < 4.78 is 0. The van der Waals surface area contributed by atoms with Gasteiger partial charge >= 0.3 is 0 Å². The summed E-state index contributed by atoms with van der Waals surface area (Å²) in [4.78, 5) is 22.1. The molecule has 0 spiro atoms. The molecule has 4 rings (SSSR count). The second kappa shape index (κ2) is 10.5. The van der Waals surface area contributed by atoms with Crippen LogP contribution in [0.4, 0.5) is 11.4 Å². The van der Waals surface area contributed by atoms with Crippen LogP contribution in [0.5, 0.6) is 0 Å². The van der Waals surface area contributed by atoms with Crippen molar-refractivity contribution in [2.75, 3.05) is 76.2 Å². The third-order valence-corrected chi connectivity index (χ3v) is 6.39. The van der Waals surface area contributed by atoms with E-state index in [-0.39, 0.29) is 5.91 Å². The van der Waals surface area contributed by atoms with Crippen molar-refractivity contribution < 1.29 is 4.79 Å². The summed E-state index contributed by atoms with van der Waals surface area (Å²) in [5, 5.41) is 3.77. The van der Waals surface area contributed by atoms with E-state index < -0.39 is 0 Å². The van der Waals surface area contributed by atoms with Gasteiger partial charge in [-0.15, -0.1) is 0 Å². The Hall–Kier alpha value is -2.12. The molecule has 166 valence electrons. The zero-order chi connectivity index (χ0) is 21.6. The molecule has 0 saturated carbocycles. The minimum absolute atomic E-state index is 0.0224. The highest BCUT2D eigenvalue weighted by molar-refractivity contribution is 6.31. The molecule has 31 heavy (non-hydrogen) atoms. The quantitative estimate of drug-likeness (QED) is 0.746. The molecule has 0 radical (unpaired) electrons. The largest absolute Gasteiger partial charge is 0.367 e. The van der Waals surface area contributed by atoms with Gasteiger partial charge in [0.25, 0.3) is 0 Å². The molecule has 2 aromatic rings. The summed E-state index contributed by atoms with van der Waals surface area (Å²) in [5.74, 6) is 0.0224. The van der Waals surface area contributed by atoms with Crippen LogP contribution in [-0.2, 0) is 11.3 Å². The lowest BCUT2D eigenvalue weighted by Gasteiger charge is -2.35. The Morgan fingerprint density at radius 3 is 2.29 bits per heavy atom. The number of carbonyl (C=O) groups is 1. The van der Waals surface area contributed by atoms with Gasteiger partial charge < -0.3 is 15.1 Å². The van der Waals surface area contributed by atoms with Gasteiger partial charge in [-0.2, -0.15) is 0 Å². The highest BCUT2D eigenvalue weighted by atomic mass is 35.5. The number of hydrogen-bond acceptors (Lipinski definition) is 5. The average Bonchev–Trinajstić information content (AvgIpc) is 2.77. The summed E-state index contributed by atoms with van der Waals surface area (Å²) in [5.41, 5.74) is 3.20.